The van der Waals surface area contributed by atoms with Gasteiger partial charge < -0.3 is 11.1 Å². The molecular formula is C16H32N4O. The van der Waals surface area contributed by atoms with E-state index in [4.69, 9.17) is 5.73 Å². The maximum absolute atomic E-state index is 12.1. The van der Waals surface area contributed by atoms with Gasteiger partial charge in [0.05, 0.1) is 6.54 Å². The van der Waals surface area contributed by atoms with Crippen LogP contribution in [0.5, 0.6) is 0 Å². The first-order valence-corrected chi connectivity index (χ1v) is 8.42. The zero-order valence-electron chi connectivity index (χ0n) is 13.9. The molecule has 2 aliphatic rings. The molecule has 0 spiro atoms. The molecule has 2 saturated heterocycles. The molecule has 0 bridgehead atoms. The lowest BCUT2D eigenvalue weighted by atomic mass is 10.0. The SMILES string of the molecule is CCC(C)(C)NC(=O)CN1CCC(N2CCC(N)CC2)C1. The van der Waals surface area contributed by atoms with E-state index < -0.39 is 0 Å². The lowest BCUT2D eigenvalue weighted by Crippen LogP contribution is -2.48. The van der Waals surface area contributed by atoms with E-state index in [1.165, 1.54) is 6.42 Å². The number of hydrogen-bond acceptors (Lipinski definition) is 4. The van der Waals surface area contributed by atoms with Gasteiger partial charge in [-0.2, -0.15) is 0 Å². The molecule has 0 aliphatic carbocycles. The number of likely N-dealkylation sites (tertiary alicyclic amines) is 2. The Morgan fingerprint density at radius 2 is 1.90 bits per heavy atom. The van der Waals surface area contributed by atoms with Gasteiger partial charge in [-0.25, -0.2) is 0 Å². The maximum Gasteiger partial charge on any atom is 0.234 e. The number of carbonyl (C=O) groups is 1. The minimum absolute atomic E-state index is 0.0980. The van der Waals surface area contributed by atoms with Gasteiger partial charge in [0.25, 0.3) is 0 Å². The lowest BCUT2D eigenvalue weighted by Gasteiger charge is -2.34. The fraction of sp³-hybridized carbons (Fsp3) is 0.938. The van der Waals surface area contributed by atoms with Gasteiger partial charge in [-0.1, -0.05) is 6.92 Å². The van der Waals surface area contributed by atoms with E-state index in [-0.39, 0.29) is 11.4 Å². The molecule has 3 N–H and O–H groups in total. The van der Waals surface area contributed by atoms with Crippen LogP contribution in [0.1, 0.15) is 46.5 Å². The van der Waals surface area contributed by atoms with Crippen LogP contribution in [0.4, 0.5) is 0 Å². The highest BCUT2D eigenvalue weighted by Gasteiger charge is 2.31. The summed E-state index contributed by atoms with van der Waals surface area (Å²) in [5.41, 5.74) is 5.87. The minimum atomic E-state index is -0.0980. The molecule has 21 heavy (non-hydrogen) atoms. The number of rotatable bonds is 5. The molecular weight excluding hydrogens is 264 g/mol. The van der Waals surface area contributed by atoms with Gasteiger partial charge in [-0.3, -0.25) is 14.6 Å². The quantitative estimate of drug-likeness (QED) is 0.787. The smallest absolute Gasteiger partial charge is 0.234 e. The average molecular weight is 296 g/mol. The second-order valence-electron chi connectivity index (χ2n) is 7.34. The van der Waals surface area contributed by atoms with Crippen molar-refractivity contribution in [1.82, 2.24) is 15.1 Å². The van der Waals surface area contributed by atoms with Crippen molar-refractivity contribution in [3.05, 3.63) is 0 Å². The number of amides is 1. The van der Waals surface area contributed by atoms with Gasteiger partial charge >= 0.3 is 0 Å². The molecule has 122 valence electrons. The molecule has 5 heteroatoms. The monoisotopic (exact) mass is 296 g/mol. The predicted molar refractivity (Wildman–Crippen MR) is 86.1 cm³/mol. The van der Waals surface area contributed by atoms with Crippen LogP contribution in [0.25, 0.3) is 0 Å². The number of nitrogens with two attached hydrogens (primary N) is 1. The number of piperidine rings is 1. The summed E-state index contributed by atoms with van der Waals surface area (Å²) >= 11 is 0. The molecule has 0 aromatic heterocycles. The van der Waals surface area contributed by atoms with E-state index in [0.717, 1.165) is 45.4 Å². The Labute approximate surface area is 129 Å². The highest BCUT2D eigenvalue weighted by Crippen LogP contribution is 2.19. The van der Waals surface area contributed by atoms with E-state index >= 15 is 0 Å². The normalized spacial score (nSPS) is 26.2. The second kappa shape index (κ2) is 7.07. The molecule has 0 saturated carbocycles. The number of carbonyl (C=O) groups excluding carboxylic acids is 1. The van der Waals surface area contributed by atoms with Crippen molar-refractivity contribution in [1.29, 1.82) is 0 Å². The molecule has 2 aliphatic heterocycles. The molecule has 0 aromatic carbocycles. The van der Waals surface area contributed by atoms with Crippen LogP contribution < -0.4 is 11.1 Å². The first kappa shape index (κ1) is 16.7. The molecule has 2 rings (SSSR count). The Balaban J connectivity index is 1.74. The number of nitrogens with zero attached hydrogens (tertiary/aromatic N) is 2. The van der Waals surface area contributed by atoms with Crippen LogP contribution in [0.15, 0.2) is 0 Å². The van der Waals surface area contributed by atoms with E-state index in [1.54, 1.807) is 0 Å². The topological polar surface area (TPSA) is 61.6 Å². The van der Waals surface area contributed by atoms with Crippen LogP contribution in [0, 0.1) is 0 Å². The largest absolute Gasteiger partial charge is 0.350 e. The third-order valence-corrected chi connectivity index (χ3v) is 5.07. The Kier molecular flexibility index (Phi) is 5.63. The number of nitrogens with one attached hydrogen (secondary N) is 1. The summed E-state index contributed by atoms with van der Waals surface area (Å²) in [6.07, 6.45) is 4.36. The number of hydrogen-bond donors (Lipinski definition) is 2. The maximum atomic E-state index is 12.1. The second-order valence-corrected chi connectivity index (χ2v) is 7.34. The zero-order chi connectivity index (χ0) is 15.5. The third-order valence-electron chi connectivity index (χ3n) is 5.07. The van der Waals surface area contributed by atoms with Gasteiger partial charge in [-0.15, -0.1) is 0 Å². The van der Waals surface area contributed by atoms with Crippen molar-refractivity contribution < 1.29 is 4.79 Å². The Hall–Kier alpha value is -0.650. The predicted octanol–water partition coefficient (Wildman–Crippen LogP) is 0.789. The standard InChI is InChI=1S/C16H32N4O/c1-4-16(2,3)18-15(21)12-19-8-7-14(11-19)20-9-5-13(17)6-10-20/h13-14H,4-12,17H2,1-3H3,(H,18,21). The van der Waals surface area contributed by atoms with Crippen molar-refractivity contribution in [3.63, 3.8) is 0 Å². The van der Waals surface area contributed by atoms with Crippen molar-refractivity contribution in [3.8, 4) is 0 Å². The lowest BCUT2D eigenvalue weighted by molar-refractivity contribution is -0.123. The highest BCUT2D eigenvalue weighted by molar-refractivity contribution is 5.78. The molecule has 1 unspecified atom stereocenters. The zero-order valence-corrected chi connectivity index (χ0v) is 13.9. The van der Waals surface area contributed by atoms with Gasteiger partial charge in [0.15, 0.2) is 0 Å². The third kappa shape index (κ3) is 4.94. The van der Waals surface area contributed by atoms with Crippen LogP contribution in [0.3, 0.4) is 0 Å². The summed E-state index contributed by atoms with van der Waals surface area (Å²) in [6, 6.07) is 1.00. The molecule has 5 nitrogen and oxygen atoms in total. The van der Waals surface area contributed by atoms with Crippen LogP contribution in [-0.4, -0.2) is 66.1 Å². The first-order chi connectivity index (χ1) is 9.89. The van der Waals surface area contributed by atoms with Crippen molar-refractivity contribution in [2.24, 2.45) is 5.73 Å². The summed E-state index contributed by atoms with van der Waals surface area (Å²) < 4.78 is 0. The van der Waals surface area contributed by atoms with Gasteiger partial charge in [0.2, 0.25) is 5.91 Å². The Morgan fingerprint density at radius 1 is 1.24 bits per heavy atom. The molecule has 0 aromatic rings. The molecule has 1 amide bonds. The van der Waals surface area contributed by atoms with E-state index in [2.05, 4.69) is 35.9 Å². The highest BCUT2D eigenvalue weighted by atomic mass is 16.2. The van der Waals surface area contributed by atoms with Crippen molar-refractivity contribution in [2.45, 2.75) is 64.1 Å². The summed E-state index contributed by atoms with van der Waals surface area (Å²) in [6.45, 7) is 11.1. The molecule has 2 heterocycles. The fourth-order valence-electron chi connectivity index (χ4n) is 3.25. The van der Waals surface area contributed by atoms with Gasteiger partial charge in [0, 0.05) is 30.7 Å². The van der Waals surface area contributed by atoms with E-state index in [0.29, 0.717) is 18.6 Å². The van der Waals surface area contributed by atoms with Crippen LogP contribution in [0.2, 0.25) is 0 Å². The summed E-state index contributed by atoms with van der Waals surface area (Å²) in [5.74, 6) is 0.156. The molecule has 2 fully saturated rings. The molecule has 0 radical (unpaired) electrons. The summed E-state index contributed by atoms with van der Waals surface area (Å²) in [7, 11) is 0. The fourth-order valence-corrected chi connectivity index (χ4v) is 3.25. The molecule has 1 atom stereocenters. The van der Waals surface area contributed by atoms with Crippen molar-refractivity contribution in [2.75, 3.05) is 32.7 Å². The van der Waals surface area contributed by atoms with E-state index in [9.17, 15) is 4.79 Å². The van der Waals surface area contributed by atoms with E-state index in [1.807, 2.05) is 0 Å². The van der Waals surface area contributed by atoms with Gasteiger partial charge in [-0.05, 0) is 52.6 Å². The minimum Gasteiger partial charge on any atom is -0.350 e. The van der Waals surface area contributed by atoms with Gasteiger partial charge in [0.1, 0.15) is 0 Å². The van der Waals surface area contributed by atoms with Crippen LogP contribution >= 0.6 is 0 Å². The summed E-state index contributed by atoms with van der Waals surface area (Å²) in [4.78, 5) is 17.0. The Morgan fingerprint density at radius 3 is 2.52 bits per heavy atom. The first-order valence-electron chi connectivity index (χ1n) is 8.42. The van der Waals surface area contributed by atoms with Crippen molar-refractivity contribution >= 4 is 5.91 Å². The average Bonchev–Trinajstić information content (AvgIpc) is 2.87. The summed E-state index contributed by atoms with van der Waals surface area (Å²) in [5, 5.41) is 3.12. The van der Waals surface area contributed by atoms with Crippen LogP contribution in [-0.2, 0) is 4.79 Å². The Bertz CT molecular complexity index is 350.